The van der Waals surface area contributed by atoms with Crippen LogP contribution in [0.4, 0.5) is 0 Å². The van der Waals surface area contributed by atoms with E-state index in [0.29, 0.717) is 24.3 Å². The van der Waals surface area contributed by atoms with Crippen LogP contribution in [-0.2, 0) is 0 Å². The topological polar surface area (TPSA) is 65.2 Å². The second-order valence-corrected chi connectivity index (χ2v) is 8.42. The van der Waals surface area contributed by atoms with Crippen molar-refractivity contribution in [2.24, 2.45) is 5.92 Å². The molecule has 1 aliphatic rings. The summed E-state index contributed by atoms with van der Waals surface area (Å²) in [6, 6.07) is 19.8. The molecule has 3 aromatic rings. The number of nitrogens with zero attached hydrogens (tertiary/aromatic N) is 1. The van der Waals surface area contributed by atoms with Crippen LogP contribution in [0.25, 0.3) is 11.1 Å². The molecule has 2 amide bonds. The van der Waals surface area contributed by atoms with Crippen molar-refractivity contribution in [3.8, 4) is 11.1 Å². The molecule has 160 valence electrons. The van der Waals surface area contributed by atoms with Crippen molar-refractivity contribution in [1.29, 1.82) is 0 Å². The zero-order valence-electron chi connectivity index (χ0n) is 18.2. The minimum Gasteiger partial charge on any atom is -0.354 e. The summed E-state index contributed by atoms with van der Waals surface area (Å²) in [7, 11) is 0. The van der Waals surface area contributed by atoms with E-state index in [1.165, 1.54) is 0 Å². The van der Waals surface area contributed by atoms with Crippen LogP contribution in [0.2, 0.25) is 0 Å². The molecule has 0 spiro atoms. The minimum atomic E-state index is -0.0705. The fourth-order valence-corrected chi connectivity index (χ4v) is 4.31. The van der Waals surface area contributed by atoms with Gasteiger partial charge in [0.15, 0.2) is 0 Å². The van der Waals surface area contributed by atoms with Gasteiger partial charge in [-0.2, -0.15) is 0 Å². The molecular formula is C26H29N3O2. The van der Waals surface area contributed by atoms with E-state index in [1.807, 2.05) is 67.3 Å². The number of hydrogen-bond donors (Lipinski definition) is 2. The molecule has 1 aliphatic heterocycles. The van der Waals surface area contributed by atoms with Gasteiger partial charge in [-0.3, -0.25) is 9.59 Å². The van der Waals surface area contributed by atoms with E-state index in [1.54, 1.807) is 0 Å². The van der Waals surface area contributed by atoms with Gasteiger partial charge in [-0.1, -0.05) is 42.5 Å². The lowest BCUT2D eigenvalue weighted by atomic mass is 9.97. The summed E-state index contributed by atoms with van der Waals surface area (Å²) in [5, 5.41) is 3.06. The summed E-state index contributed by atoms with van der Waals surface area (Å²) in [5.74, 6) is 0.249. The summed E-state index contributed by atoms with van der Waals surface area (Å²) in [4.78, 5) is 30.6. The van der Waals surface area contributed by atoms with Gasteiger partial charge in [0, 0.05) is 30.9 Å². The number of benzene rings is 2. The van der Waals surface area contributed by atoms with Crippen molar-refractivity contribution in [3.05, 3.63) is 83.2 Å². The van der Waals surface area contributed by atoms with E-state index in [9.17, 15) is 9.59 Å². The third kappa shape index (κ3) is 4.88. The van der Waals surface area contributed by atoms with Gasteiger partial charge in [0.25, 0.3) is 11.8 Å². The van der Waals surface area contributed by atoms with Crippen molar-refractivity contribution in [2.75, 3.05) is 19.6 Å². The fraction of sp³-hybridized carbons (Fsp3) is 0.308. The summed E-state index contributed by atoms with van der Waals surface area (Å²) in [6.07, 6.45) is 1.97. The number of amides is 2. The van der Waals surface area contributed by atoms with Crippen LogP contribution in [0.1, 0.15) is 44.9 Å². The normalized spacial score (nSPS) is 16.2. The Morgan fingerprint density at radius 3 is 2.42 bits per heavy atom. The maximum Gasteiger partial charge on any atom is 0.270 e. The molecule has 1 aromatic heterocycles. The van der Waals surface area contributed by atoms with E-state index in [0.717, 1.165) is 41.8 Å². The third-order valence-corrected chi connectivity index (χ3v) is 5.98. The van der Waals surface area contributed by atoms with Gasteiger partial charge in [0.2, 0.25) is 0 Å². The molecular weight excluding hydrogens is 386 g/mol. The van der Waals surface area contributed by atoms with Crippen LogP contribution < -0.4 is 5.32 Å². The van der Waals surface area contributed by atoms with Crippen LogP contribution in [0.15, 0.2) is 60.7 Å². The molecule has 5 nitrogen and oxygen atoms in total. The third-order valence-electron chi connectivity index (χ3n) is 5.98. The highest BCUT2D eigenvalue weighted by Crippen LogP contribution is 2.21. The highest BCUT2D eigenvalue weighted by molar-refractivity contribution is 5.95. The van der Waals surface area contributed by atoms with E-state index in [2.05, 4.69) is 22.4 Å². The number of H-pyrrole nitrogens is 1. The number of piperidine rings is 1. The molecule has 1 unspecified atom stereocenters. The molecule has 1 fully saturated rings. The highest BCUT2D eigenvalue weighted by Gasteiger charge is 2.26. The highest BCUT2D eigenvalue weighted by atomic mass is 16.2. The van der Waals surface area contributed by atoms with Gasteiger partial charge in [-0.25, -0.2) is 0 Å². The second-order valence-electron chi connectivity index (χ2n) is 8.42. The molecule has 5 heteroatoms. The molecule has 31 heavy (non-hydrogen) atoms. The number of rotatable bonds is 5. The average molecular weight is 416 g/mol. The zero-order chi connectivity index (χ0) is 21.8. The van der Waals surface area contributed by atoms with Gasteiger partial charge in [-0.05, 0) is 67.5 Å². The first-order chi connectivity index (χ1) is 15.0. The molecule has 2 aromatic carbocycles. The quantitative estimate of drug-likeness (QED) is 0.641. The van der Waals surface area contributed by atoms with Gasteiger partial charge in [0.05, 0.1) is 0 Å². The SMILES string of the molecule is Cc1cc(C)c(C(=O)N2CCCC(CNC(=O)c3ccc(-c4ccccc4)cc3)C2)[nH]1. The van der Waals surface area contributed by atoms with Crippen molar-refractivity contribution in [1.82, 2.24) is 15.2 Å². The maximum atomic E-state index is 12.9. The van der Waals surface area contributed by atoms with Crippen molar-refractivity contribution in [2.45, 2.75) is 26.7 Å². The van der Waals surface area contributed by atoms with E-state index in [-0.39, 0.29) is 17.7 Å². The fourth-order valence-electron chi connectivity index (χ4n) is 4.31. The number of aryl methyl sites for hydroxylation is 2. The predicted molar refractivity (Wildman–Crippen MR) is 123 cm³/mol. The number of likely N-dealkylation sites (tertiary alicyclic amines) is 1. The Morgan fingerprint density at radius 2 is 1.74 bits per heavy atom. The number of aromatic nitrogens is 1. The summed E-state index contributed by atoms with van der Waals surface area (Å²) in [5.41, 5.74) is 5.54. The summed E-state index contributed by atoms with van der Waals surface area (Å²) in [6.45, 7) is 5.93. The molecule has 0 radical (unpaired) electrons. The average Bonchev–Trinajstić information content (AvgIpc) is 3.15. The number of nitrogens with one attached hydrogen (secondary N) is 2. The van der Waals surface area contributed by atoms with Crippen LogP contribution in [0.5, 0.6) is 0 Å². The number of carbonyl (C=O) groups excluding carboxylic acids is 2. The summed E-state index contributed by atoms with van der Waals surface area (Å²) < 4.78 is 0. The lowest BCUT2D eigenvalue weighted by Crippen LogP contribution is -2.44. The Balaban J connectivity index is 1.33. The van der Waals surface area contributed by atoms with E-state index in [4.69, 9.17) is 0 Å². The van der Waals surface area contributed by atoms with Crippen molar-refractivity contribution >= 4 is 11.8 Å². The Labute approximate surface area is 183 Å². The van der Waals surface area contributed by atoms with E-state index < -0.39 is 0 Å². The van der Waals surface area contributed by atoms with E-state index >= 15 is 0 Å². The van der Waals surface area contributed by atoms with Crippen LogP contribution >= 0.6 is 0 Å². The smallest absolute Gasteiger partial charge is 0.270 e. The van der Waals surface area contributed by atoms with Gasteiger partial charge < -0.3 is 15.2 Å². The predicted octanol–water partition coefficient (Wildman–Crippen LogP) is 4.58. The van der Waals surface area contributed by atoms with Crippen LogP contribution in [-0.4, -0.2) is 41.3 Å². The van der Waals surface area contributed by atoms with Gasteiger partial charge in [0.1, 0.15) is 5.69 Å². The first kappa shape index (κ1) is 20.9. The Morgan fingerprint density at radius 1 is 1.03 bits per heavy atom. The zero-order valence-corrected chi connectivity index (χ0v) is 18.2. The standard InChI is InChI=1S/C26H29N3O2/c1-18-15-19(2)28-24(18)26(31)29-14-6-7-20(17-29)16-27-25(30)23-12-10-22(11-13-23)21-8-4-3-5-9-21/h3-5,8-13,15,20,28H,6-7,14,16-17H2,1-2H3,(H,27,30). The van der Waals surface area contributed by atoms with Gasteiger partial charge >= 0.3 is 0 Å². The molecule has 1 atom stereocenters. The molecule has 1 saturated heterocycles. The first-order valence-electron chi connectivity index (χ1n) is 10.9. The maximum absolute atomic E-state index is 12.9. The number of carbonyl (C=O) groups is 2. The molecule has 0 bridgehead atoms. The molecule has 2 N–H and O–H groups in total. The largest absolute Gasteiger partial charge is 0.354 e. The Hall–Kier alpha value is -3.34. The molecule has 4 rings (SSSR count). The first-order valence-corrected chi connectivity index (χ1v) is 10.9. The van der Waals surface area contributed by atoms with Gasteiger partial charge in [-0.15, -0.1) is 0 Å². The van der Waals surface area contributed by atoms with Crippen LogP contribution in [0, 0.1) is 19.8 Å². The monoisotopic (exact) mass is 415 g/mol. The number of aromatic amines is 1. The minimum absolute atomic E-state index is 0.0538. The van der Waals surface area contributed by atoms with Crippen molar-refractivity contribution < 1.29 is 9.59 Å². The molecule has 0 saturated carbocycles. The van der Waals surface area contributed by atoms with Crippen LogP contribution in [0.3, 0.4) is 0 Å². The lowest BCUT2D eigenvalue weighted by molar-refractivity contribution is 0.0665. The number of hydrogen-bond acceptors (Lipinski definition) is 2. The van der Waals surface area contributed by atoms with Crippen molar-refractivity contribution in [3.63, 3.8) is 0 Å². The Bertz CT molecular complexity index is 1050. The Kier molecular flexibility index (Phi) is 6.21. The summed E-state index contributed by atoms with van der Waals surface area (Å²) >= 11 is 0. The molecule has 0 aliphatic carbocycles. The lowest BCUT2D eigenvalue weighted by Gasteiger charge is -2.32. The molecule has 2 heterocycles. The second kappa shape index (κ2) is 9.21.